The van der Waals surface area contributed by atoms with E-state index in [1.807, 2.05) is 19.9 Å². The molecule has 0 aromatic rings. The summed E-state index contributed by atoms with van der Waals surface area (Å²) in [7, 11) is 0. The van der Waals surface area contributed by atoms with Gasteiger partial charge in [0.2, 0.25) is 0 Å². The Kier molecular flexibility index (Phi) is 16.1. The zero-order valence-corrected chi connectivity index (χ0v) is 11.6. The van der Waals surface area contributed by atoms with E-state index in [4.69, 9.17) is 0 Å². The summed E-state index contributed by atoms with van der Waals surface area (Å²) >= 11 is 0. The molecule has 0 aliphatic carbocycles. The van der Waals surface area contributed by atoms with Gasteiger partial charge in [-0.15, -0.1) is 19.7 Å². The molecule has 1 N–H and O–H groups in total. The van der Waals surface area contributed by atoms with Crippen molar-refractivity contribution in [2.75, 3.05) is 6.54 Å². The van der Waals surface area contributed by atoms with Crippen molar-refractivity contribution in [3.63, 3.8) is 0 Å². The molecule has 0 bridgehead atoms. The topological polar surface area (TPSA) is 12.0 Å². The third kappa shape index (κ3) is 8.72. The van der Waals surface area contributed by atoms with Gasteiger partial charge < -0.3 is 5.32 Å². The third-order valence-electron chi connectivity index (χ3n) is 2.86. The second kappa shape index (κ2) is 14.4. The third-order valence-corrected chi connectivity index (χ3v) is 2.86. The van der Waals surface area contributed by atoms with Crippen molar-refractivity contribution in [2.24, 2.45) is 5.92 Å². The van der Waals surface area contributed by atoms with Crippen LogP contribution in [0, 0.1) is 5.92 Å². The first kappa shape index (κ1) is 17.8. The highest BCUT2D eigenvalue weighted by Gasteiger charge is 2.18. The van der Waals surface area contributed by atoms with Crippen LogP contribution in [0.2, 0.25) is 0 Å². The minimum absolute atomic E-state index is 0.777. The summed E-state index contributed by atoms with van der Waals surface area (Å²) in [5, 5.41) is 3.59. The average Bonchev–Trinajstić information content (AvgIpc) is 2.41. The quantitative estimate of drug-likeness (QED) is 0.692. The maximum Gasteiger partial charge on any atom is 0.00928 e. The molecule has 96 valence electrons. The van der Waals surface area contributed by atoms with Gasteiger partial charge in [-0.1, -0.05) is 33.3 Å². The Morgan fingerprint density at radius 3 is 2.38 bits per heavy atom. The predicted octanol–water partition coefficient (Wildman–Crippen LogP) is 4.56. The van der Waals surface area contributed by atoms with E-state index in [9.17, 15) is 0 Å². The van der Waals surface area contributed by atoms with Gasteiger partial charge >= 0.3 is 0 Å². The second-order valence-corrected chi connectivity index (χ2v) is 3.90. The van der Waals surface area contributed by atoms with Crippen LogP contribution < -0.4 is 5.32 Å². The summed E-state index contributed by atoms with van der Waals surface area (Å²) in [6.07, 6.45) is 8.64. The van der Waals surface area contributed by atoms with Gasteiger partial charge in [0.1, 0.15) is 0 Å². The highest BCUT2D eigenvalue weighted by Crippen LogP contribution is 2.18. The lowest BCUT2D eigenvalue weighted by atomic mass is 9.90. The van der Waals surface area contributed by atoms with Crippen molar-refractivity contribution in [2.45, 2.75) is 58.9 Å². The van der Waals surface area contributed by atoms with Gasteiger partial charge in [0.25, 0.3) is 0 Å². The van der Waals surface area contributed by atoms with Crippen LogP contribution >= 0.6 is 0 Å². The summed E-state index contributed by atoms with van der Waals surface area (Å²) in [4.78, 5) is 0. The van der Waals surface area contributed by atoms with Crippen molar-refractivity contribution >= 4 is 0 Å². The summed E-state index contributed by atoms with van der Waals surface area (Å²) in [6.45, 7) is 17.3. The molecule has 1 aliphatic rings. The Labute approximate surface area is 103 Å². The Morgan fingerprint density at radius 1 is 1.31 bits per heavy atom. The van der Waals surface area contributed by atoms with Crippen molar-refractivity contribution in [3.8, 4) is 0 Å². The Bertz CT molecular complexity index is 136. The molecule has 1 rings (SSSR count). The maximum absolute atomic E-state index is 3.76. The van der Waals surface area contributed by atoms with E-state index < -0.39 is 0 Å². The Hall–Kier alpha value is -0.560. The van der Waals surface area contributed by atoms with Gasteiger partial charge in [0, 0.05) is 6.04 Å². The highest BCUT2D eigenvalue weighted by molar-refractivity contribution is 4.79. The van der Waals surface area contributed by atoms with Gasteiger partial charge in [0.15, 0.2) is 0 Å². The number of hydrogen-bond donors (Lipinski definition) is 1. The van der Waals surface area contributed by atoms with Crippen LogP contribution in [0.15, 0.2) is 25.8 Å². The van der Waals surface area contributed by atoms with E-state index in [-0.39, 0.29) is 0 Å². The number of nitrogens with one attached hydrogen (secondary N) is 1. The molecule has 1 aliphatic heterocycles. The van der Waals surface area contributed by atoms with Crippen LogP contribution in [0.1, 0.15) is 52.9 Å². The Balaban J connectivity index is 0. The highest BCUT2D eigenvalue weighted by atomic mass is 14.9. The minimum atomic E-state index is 0.777. The van der Waals surface area contributed by atoms with E-state index in [0.717, 1.165) is 12.0 Å². The lowest BCUT2D eigenvalue weighted by molar-refractivity contribution is 0.299. The van der Waals surface area contributed by atoms with Crippen LogP contribution in [-0.2, 0) is 0 Å². The molecular weight excluding hydrogens is 194 g/mol. The smallest absolute Gasteiger partial charge is 0.00928 e. The summed E-state index contributed by atoms with van der Waals surface area (Å²) < 4.78 is 0. The number of piperidine rings is 1. The fourth-order valence-electron chi connectivity index (χ4n) is 1.95. The van der Waals surface area contributed by atoms with Gasteiger partial charge in [-0.2, -0.15) is 0 Å². The zero-order chi connectivity index (χ0) is 12.8. The molecule has 0 amide bonds. The first-order valence-corrected chi connectivity index (χ1v) is 6.69. The van der Waals surface area contributed by atoms with Crippen molar-refractivity contribution in [3.05, 3.63) is 25.8 Å². The van der Waals surface area contributed by atoms with Crippen molar-refractivity contribution < 1.29 is 0 Å². The molecular formula is C15H31N. The largest absolute Gasteiger partial charge is 0.314 e. The summed E-state index contributed by atoms with van der Waals surface area (Å²) in [5.74, 6) is 0.822. The first-order valence-electron chi connectivity index (χ1n) is 6.69. The molecule has 0 aromatic carbocycles. The van der Waals surface area contributed by atoms with Crippen molar-refractivity contribution in [1.29, 1.82) is 0 Å². The van der Waals surface area contributed by atoms with E-state index in [2.05, 4.69) is 32.0 Å². The Morgan fingerprint density at radius 2 is 1.94 bits per heavy atom. The molecule has 0 radical (unpaired) electrons. The fourth-order valence-corrected chi connectivity index (χ4v) is 1.95. The lowest BCUT2D eigenvalue weighted by Gasteiger charge is -2.28. The van der Waals surface area contributed by atoms with E-state index in [1.165, 1.54) is 38.6 Å². The monoisotopic (exact) mass is 225 g/mol. The molecule has 1 heterocycles. The van der Waals surface area contributed by atoms with Crippen LogP contribution in [0.25, 0.3) is 0 Å². The molecule has 1 nitrogen and oxygen atoms in total. The standard InChI is InChI=1S/C11H21N.C2H6.C2H4/c1-3-4-7-10(2)11-8-5-6-9-12-11;2*1-2/h3,10-12H,1,4-9H2,2H3;1-2H3;1-2H2. The molecule has 2 unspecified atom stereocenters. The summed E-state index contributed by atoms with van der Waals surface area (Å²) in [5.41, 5.74) is 0. The minimum Gasteiger partial charge on any atom is -0.314 e. The number of hydrogen-bond acceptors (Lipinski definition) is 1. The van der Waals surface area contributed by atoms with Crippen LogP contribution in [0.5, 0.6) is 0 Å². The molecule has 1 saturated heterocycles. The van der Waals surface area contributed by atoms with Gasteiger partial charge in [-0.3, -0.25) is 0 Å². The molecule has 16 heavy (non-hydrogen) atoms. The second-order valence-electron chi connectivity index (χ2n) is 3.90. The lowest BCUT2D eigenvalue weighted by Crippen LogP contribution is -2.38. The molecule has 0 aromatic heterocycles. The summed E-state index contributed by atoms with van der Waals surface area (Å²) in [6, 6.07) is 0.777. The van der Waals surface area contributed by atoms with Gasteiger partial charge in [-0.25, -0.2) is 0 Å². The predicted molar refractivity (Wildman–Crippen MR) is 76.8 cm³/mol. The van der Waals surface area contributed by atoms with E-state index >= 15 is 0 Å². The van der Waals surface area contributed by atoms with Gasteiger partial charge in [0.05, 0.1) is 0 Å². The maximum atomic E-state index is 3.76. The molecule has 0 saturated carbocycles. The molecule has 1 heteroatoms. The normalized spacial score (nSPS) is 20.6. The van der Waals surface area contributed by atoms with Crippen molar-refractivity contribution in [1.82, 2.24) is 5.32 Å². The average molecular weight is 225 g/mol. The molecule has 1 fully saturated rings. The fraction of sp³-hybridized carbons (Fsp3) is 0.733. The SMILES string of the molecule is C=C.C=CCCC(C)C1CCCCN1.CC. The van der Waals surface area contributed by atoms with Gasteiger partial charge in [-0.05, 0) is 38.1 Å². The number of rotatable bonds is 4. The van der Waals surface area contributed by atoms with Crippen LogP contribution in [0.3, 0.4) is 0 Å². The molecule has 2 atom stereocenters. The first-order chi connectivity index (χ1) is 7.84. The van der Waals surface area contributed by atoms with Crippen LogP contribution in [0.4, 0.5) is 0 Å². The number of allylic oxidation sites excluding steroid dienone is 1. The zero-order valence-electron chi connectivity index (χ0n) is 11.6. The molecule has 0 spiro atoms. The van der Waals surface area contributed by atoms with E-state index in [1.54, 1.807) is 0 Å². The van der Waals surface area contributed by atoms with Crippen LogP contribution in [-0.4, -0.2) is 12.6 Å². The van der Waals surface area contributed by atoms with E-state index in [0.29, 0.717) is 0 Å².